The number of nitrogens with one attached hydrogen (secondary N) is 1. The summed E-state index contributed by atoms with van der Waals surface area (Å²) in [5.41, 5.74) is 1.55. The summed E-state index contributed by atoms with van der Waals surface area (Å²) < 4.78 is 10.3. The van der Waals surface area contributed by atoms with Gasteiger partial charge in [-0.2, -0.15) is 0 Å². The van der Waals surface area contributed by atoms with Gasteiger partial charge in [-0.3, -0.25) is 9.69 Å². The van der Waals surface area contributed by atoms with Crippen molar-refractivity contribution in [2.75, 3.05) is 69.7 Å². The molecule has 0 aromatic heterocycles. The molecule has 0 atom stereocenters. The summed E-state index contributed by atoms with van der Waals surface area (Å²) in [6.45, 7) is 12.7. The molecule has 0 bridgehead atoms. The van der Waals surface area contributed by atoms with Crippen molar-refractivity contribution in [1.82, 2.24) is 9.80 Å². The third-order valence-electron chi connectivity index (χ3n) is 6.28. The number of nitrogens with zero attached hydrogens (tertiary/aromatic N) is 3. The number of benzene rings is 1. The van der Waals surface area contributed by atoms with E-state index in [-0.39, 0.29) is 18.6 Å². The van der Waals surface area contributed by atoms with E-state index in [0.29, 0.717) is 5.92 Å². The average molecular weight is 461 g/mol. The van der Waals surface area contributed by atoms with Crippen molar-refractivity contribution >= 4 is 23.4 Å². The summed E-state index contributed by atoms with van der Waals surface area (Å²) in [5, 5.41) is 2.83. The van der Waals surface area contributed by atoms with Crippen molar-refractivity contribution in [3.63, 3.8) is 0 Å². The Balaban J connectivity index is 1.34. The van der Waals surface area contributed by atoms with Gasteiger partial charge in [0.25, 0.3) is 0 Å². The molecule has 0 spiro atoms. The van der Waals surface area contributed by atoms with Crippen LogP contribution >= 0.6 is 0 Å². The van der Waals surface area contributed by atoms with Crippen LogP contribution in [0.2, 0.25) is 0 Å². The first-order valence-corrected chi connectivity index (χ1v) is 12.1. The maximum Gasteiger partial charge on any atom is 0.410 e. The van der Waals surface area contributed by atoms with E-state index in [0.717, 1.165) is 64.3 Å². The SMILES string of the molecule is COCC(=O)Nc1ccc(N2CCN(CCC3CCN(C(=O)OC(C)(C)C)CC3)CC2)cc1. The fraction of sp³-hybridized carbons (Fsp3) is 0.680. The number of methoxy groups -OCH3 is 1. The molecule has 2 aliphatic heterocycles. The summed E-state index contributed by atoms with van der Waals surface area (Å²) in [6.07, 6.45) is 3.14. The Morgan fingerprint density at radius 1 is 1.00 bits per heavy atom. The predicted octanol–water partition coefficient (Wildman–Crippen LogP) is 3.43. The minimum atomic E-state index is -0.432. The lowest BCUT2D eigenvalue weighted by atomic mass is 9.93. The molecule has 33 heavy (non-hydrogen) atoms. The lowest BCUT2D eigenvalue weighted by Crippen LogP contribution is -2.47. The highest BCUT2D eigenvalue weighted by molar-refractivity contribution is 5.91. The predicted molar refractivity (Wildman–Crippen MR) is 131 cm³/mol. The number of hydrogen-bond acceptors (Lipinski definition) is 6. The minimum absolute atomic E-state index is 0.0621. The van der Waals surface area contributed by atoms with Gasteiger partial charge in [0, 0.05) is 57.8 Å². The van der Waals surface area contributed by atoms with E-state index in [1.165, 1.54) is 19.2 Å². The van der Waals surface area contributed by atoms with Gasteiger partial charge in [-0.05, 0) is 76.8 Å². The second-order valence-electron chi connectivity index (χ2n) is 10.1. The Labute approximate surface area is 198 Å². The molecule has 2 aliphatic rings. The largest absolute Gasteiger partial charge is 0.444 e. The topological polar surface area (TPSA) is 74.4 Å². The zero-order valence-electron chi connectivity index (χ0n) is 20.6. The summed E-state index contributed by atoms with van der Waals surface area (Å²) in [4.78, 5) is 30.7. The van der Waals surface area contributed by atoms with Crippen LogP contribution in [0.15, 0.2) is 24.3 Å². The molecule has 1 N–H and O–H groups in total. The minimum Gasteiger partial charge on any atom is -0.444 e. The quantitative estimate of drug-likeness (QED) is 0.672. The van der Waals surface area contributed by atoms with Crippen molar-refractivity contribution in [1.29, 1.82) is 0 Å². The molecule has 8 nitrogen and oxygen atoms in total. The smallest absolute Gasteiger partial charge is 0.410 e. The van der Waals surface area contributed by atoms with Crippen LogP contribution in [0.25, 0.3) is 0 Å². The van der Waals surface area contributed by atoms with Crippen molar-refractivity contribution in [2.24, 2.45) is 5.92 Å². The first-order valence-electron chi connectivity index (χ1n) is 12.1. The Kier molecular flexibility index (Phi) is 8.97. The van der Waals surface area contributed by atoms with Gasteiger partial charge in [-0.1, -0.05) is 0 Å². The lowest BCUT2D eigenvalue weighted by Gasteiger charge is -2.38. The van der Waals surface area contributed by atoms with Crippen LogP contribution < -0.4 is 10.2 Å². The Morgan fingerprint density at radius 2 is 1.64 bits per heavy atom. The molecule has 1 aromatic carbocycles. The van der Waals surface area contributed by atoms with Crippen molar-refractivity contribution in [2.45, 2.75) is 45.6 Å². The second kappa shape index (κ2) is 11.7. The number of piperazine rings is 1. The third-order valence-corrected chi connectivity index (χ3v) is 6.28. The van der Waals surface area contributed by atoms with Crippen LogP contribution in [0.5, 0.6) is 0 Å². The summed E-state index contributed by atoms with van der Waals surface area (Å²) in [6, 6.07) is 8.02. The monoisotopic (exact) mass is 460 g/mol. The zero-order valence-corrected chi connectivity index (χ0v) is 20.6. The summed E-state index contributed by atoms with van der Waals surface area (Å²) in [7, 11) is 1.51. The molecular weight excluding hydrogens is 420 g/mol. The lowest BCUT2D eigenvalue weighted by molar-refractivity contribution is -0.119. The highest BCUT2D eigenvalue weighted by atomic mass is 16.6. The number of anilines is 2. The van der Waals surface area contributed by atoms with Crippen molar-refractivity contribution in [3.8, 4) is 0 Å². The van der Waals surface area contributed by atoms with Crippen LogP contribution in [-0.2, 0) is 14.3 Å². The number of amides is 2. The molecule has 1 aromatic rings. The molecule has 0 aliphatic carbocycles. The molecule has 0 radical (unpaired) electrons. The van der Waals surface area contributed by atoms with Crippen LogP contribution in [0.1, 0.15) is 40.0 Å². The molecule has 0 unspecified atom stereocenters. The standard InChI is InChI=1S/C25H40N4O4/c1-25(2,3)33-24(31)29-13-10-20(11-14-29)9-12-27-15-17-28(18-16-27)22-7-5-21(6-8-22)26-23(30)19-32-4/h5-8,20H,9-19H2,1-4H3,(H,26,30). The van der Waals surface area contributed by atoms with Gasteiger partial charge >= 0.3 is 6.09 Å². The highest BCUT2D eigenvalue weighted by Crippen LogP contribution is 2.24. The fourth-order valence-electron chi connectivity index (χ4n) is 4.41. The van der Waals surface area contributed by atoms with Crippen LogP contribution in [0.3, 0.4) is 0 Å². The molecule has 2 saturated heterocycles. The number of piperidine rings is 1. The van der Waals surface area contributed by atoms with E-state index in [1.54, 1.807) is 0 Å². The Bertz CT molecular complexity index is 762. The van der Waals surface area contributed by atoms with Crippen LogP contribution in [0.4, 0.5) is 16.2 Å². The molecular formula is C25H40N4O4. The highest BCUT2D eigenvalue weighted by Gasteiger charge is 2.27. The van der Waals surface area contributed by atoms with Gasteiger partial charge in [-0.15, -0.1) is 0 Å². The van der Waals surface area contributed by atoms with E-state index in [1.807, 2.05) is 37.8 Å². The van der Waals surface area contributed by atoms with Gasteiger partial charge in [-0.25, -0.2) is 4.79 Å². The second-order valence-corrected chi connectivity index (χ2v) is 10.1. The summed E-state index contributed by atoms with van der Waals surface area (Å²) >= 11 is 0. The molecule has 2 heterocycles. The van der Waals surface area contributed by atoms with E-state index >= 15 is 0 Å². The molecule has 2 amide bonds. The maximum atomic E-state index is 12.2. The number of hydrogen-bond donors (Lipinski definition) is 1. The van der Waals surface area contributed by atoms with E-state index < -0.39 is 5.60 Å². The van der Waals surface area contributed by atoms with Gasteiger partial charge < -0.3 is 24.6 Å². The molecule has 184 valence electrons. The Hall–Kier alpha value is -2.32. The van der Waals surface area contributed by atoms with E-state index in [9.17, 15) is 9.59 Å². The third kappa shape index (κ3) is 8.19. The van der Waals surface area contributed by atoms with Gasteiger partial charge in [0.05, 0.1) is 0 Å². The summed E-state index contributed by atoms with van der Waals surface area (Å²) in [5.74, 6) is 0.539. The van der Waals surface area contributed by atoms with Crippen LogP contribution in [-0.4, -0.2) is 86.9 Å². The normalized spacial score (nSPS) is 18.3. The zero-order chi connectivity index (χ0) is 23.8. The molecule has 2 fully saturated rings. The van der Waals surface area contributed by atoms with Crippen molar-refractivity contribution < 1.29 is 19.1 Å². The number of ether oxygens (including phenoxy) is 2. The van der Waals surface area contributed by atoms with Gasteiger partial charge in [0.2, 0.25) is 5.91 Å². The Morgan fingerprint density at radius 3 is 2.21 bits per heavy atom. The number of rotatable bonds is 7. The van der Waals surface area contributed by atoms with E-state index in [4.69, 9.17) is 9.47 Å². The van der Waals surface area contributed by atoms with E-state index in [2.05, 4.69) is 27.2 Å². The molecule has 8 heteroatoms. The average Bonchev–Trinajstić information content (AvgIpc) is 2.78. The van der Waals surface area contributed by atoms with Crippen LogP contribution in [0, 0.1) is 5.92 Å². The first kappa shape index (κ1) is 25.3. The molecule has 0 saturated carbocycles. The molecule has 3 rings (SSSR count). The maximum absolute atomic E-state index is 12.2. The van der Waals surface area contributed by atoms with Gasteiger partial charge in [0.1, 0.15) is 12.2 Å². The first-order chi connectivity index (χ1) is 15.7. The number of carbonyl (C=O) groups excluding carboxylic acids is 2. The van der Waals surface area contributed by atoms with Crippen molar-refractivity contribution in [3.05, 3.63) is 24.3 Å². The fourth-order valence-corrected chi connectivity index (χ4v) is 4.41. The van der Waals surface area contributed by atoms with Gasteiger partial charge in [0.15, 0.2) is 0 Å². The number of carbonyl (C=O) groups is 2. The number of likely N-dealkylation sites (tertiary alicyclic amines) is 1.